The normalized spacial score (nSPS) is 21.8. The molecule has 1 aromatic rings. The van der Waals surface area contributed by atoms with E-state index in [2.05, 4.69) is 37.8 Å². The standard InChI is InChI=1S/C24H36N2O4/c1-17-14-23(29-13-12-27-4)19(3)18(2)21(17)15-20-8-9-22(30-16-28-5)24(25-20)26-10-6-7-11-26/h8-9,14,18,21H,6-7,10-13,15-16H2,1-5H3. The van der Waals surface area contributed by atoms with Gasteiger partial charge in [0.2, 0.25) is 0 Å². The van der Waals surface area contributed by atoms with Crippen LogP contribution in [0, 0.1) is 11.8 Å². The smallest absolute Gasteiger partial charge is 0.188 e. The fourth-order valence-corrected chi connectivity index (χ4v) is 4.28. The molecule has 6 nitrogen and oxygen atoms in total. The molecule has 0 aromatic carbocycles. The van der Waals surface area contributed by atoms with Crippen LogP contribution in [0.4, 0.5) is 5.82 Å². The zero-order chi connectivity index (χ0) is 21.5. The SMILES string of the molecule is COCCOC1=C(C)C(C)C(Cc2ccc(OCOC)c(N3CCCC3)n2)C(C)=C1. The van der Waals surface area contributed by atoms with Crippen LogP contribution in [0.1, 0.15) is 39.3 Å². The number of pyridine rings is 1. The average Bonchev–Trinajstić information content (AvgIpc) is 3.28. The summed E-state index contributed by atoms with van der Waals surface area (Å²) in [6, 6.07) is 4.14. The van der Waals surface area contributed by atoms with Crippen LogP contribution in [0.15, 0.2) is 35.1 Å². The Hall–Kier alpha value is -2.05. The summed E-state index contributed by atoms with van der Waals surface area (Å²) in [5.41, 5.74) is 3.73. The highest BCUT2D eigenvalue weighted by molar-refractivity contribution is 5.54. The number of hydrogen-bond donors (Lipinski definition) is 0. The Bertz CT molecular complexity index is 768. The summed E-state index contributed by atoms with van der Waals surface area (Å²) in [6.45, 7) is 10.1. The monoisotopic (exact) mass is 416 g/mol. The molecule has 2 heterocycles. The highest BCUT2D eigenvalue weighted by atomic mass is 16.7. The molecule has 166 valence electrons. The molecule has 0 radical (unpaired) electrons. The summed E-state index contributed by atoms with van der Waals surface area (Å²) >= 11 is 0. The van der Waals surface area contributed by atoms with E-state index in [0.717, 1.165) is 42.5 Å². The lowest BCUT2D eigenvalue weighted by atomic mass is 9.76. The third-order valence-corrected chi connectivity index (χ3v) is 6.23. The molecule has 1 aliphatic carbocycles. The Balaban J connectivity index is 1.77. The summed E-state index contributed by atoms with van der Waals surface area (Å²) in [5.74, 6) is 3.54. The minimum absolute atomic E-state index is 0.235. The van der Waals surface area contributed by atoms with Crippen molar-refractivity contribution in [2.24, 2.45) is 11.8 Å². The summed E-state index contributed by atoms with van der Waals surface area (Å²) in [5, 5.41) is 0. The van der Waals surface area contributed by atoms with Crippen LogP contribution >= 0.6 is 0 Å². The van der Waals surface area contributed by atoms with Gasteiger partial charge in [0.05, 0.1) is 6.61 Å². The average molecular weight is 417 g/mol. The quantitative estimate of drug-likeness (QED) is 0.417. The third-order valence-electron chi connectivity index (χ3n) is 6.23. The summed E-state index contributed by atoms with van der Waals surface area (Å²) in [4.78, 5) is 7.36. The van der Waals surface area contributed by atoms with E-state index in [0.29, 0.717) is 25.0 Å². The maximum Gasteiger partial charge on any atom is 0.188 e. The van der Waals surface area contributed by atoms with Gasteiger partial charge in [-0.05, 0) is 68.7 Å². The minimum atomic E-state index is 0.235. The van der Waals surface area contributed by atoms with E-state index in [1.165, 1.54) is 24.0 Å². The van der Waals surface area contributed by atoms with Crippen molar-refractivity contribution in [1.82, 2.24) is 4.98 Å². The van der Waals surface area contributed by atoms with Gasteiger partial charge in [0.15, 0.2) is 18.4 Å². The Labute approximate surface area is 180 Å². The van der Waals surface area contributed by atoms with E-state index in [1.54, 1.807) is 14.2 Å². The second-order valence-corrected chi connectivity index (χ2v) is 8.25. The van der Waals surface area contributed by atoms with Crippen LogP contribution < -0.4 is 9.64 Å². The Kier molecular flexibility index (Phi) is 8.16. The van der Waals surface area contributed by atoms with Gasteiger partial charge in [-0.25, -0.2) is 4.98 Å². The van der Waals surface area contributed by atoms with Crippen molar-refractivity contribution in [2.45, 2.75) is 40.0 Å². The number of ether oxygens (including phenoxy) is 4. The third kappa shape index (κ3) is 5.35. The molecule has 0 bridgehead atoms. The minimum Gasteiger partial charge on any atom is -0.491 e. The first-order valence-electron chi connectivity index (χ1n) is 10.9. The van der Waals surface area contributed by atoms with E-state index in [1.807, 2.05) is 6.07 Å². The lowest BCUT2D eigenvalue weighted by molar-refractivity contribution is 0.0512. The van der Waals surface area contributed by atoms with Crippen molar-refractivity contribution in [3.05, 3.63) is 40.8 Å². The lowest BCUT2D eigenvalue weighted by Gasteiger charge is -2.31. The molecule has 1 fully saturated rings. The topological polar surface area (TPSA) is 53.1 Å². The Morgan fingerprint density at radius 1 is 1.03 bits per heavy atom. The molecule has 0 N–H and O–H groups in total. The molecule has 6 heteroatoms. The predicted molar refractivity (Wildman–Crippen MR) is 119 cm³/mol. The molecule has 1 aromatic heterocycles. The maximum absolute atomic E-state index is 5.94. The summed E-state index contributed by atoms with van der Waals surface area (Å²) in [7, 11) is 3.33. The Morgan fingerprint density at radius 3 is 2.50 bits per heavy atom. The van der Waals surface area contributed by atoms with Gasteiger partial charge in [-0.2, -0.15) is 0 Å². The maximum atomic E-state index is 5.94. The molecule has 2 aliphatic rings. The first-order valence-corrected chi connectivity index (χ1v) is 10.9. The zero-order valence-corrected chi connectivity index (χ0v) is 19.1. The van der Waals surface area contributed by atoms with E-state index < -0.39 is 0 Å². The molecule has 3 rings (SSSR count). The largest absolute Gasteiger partial charge is 0.491 e. The van der Waals surface area contributed by atoms with Crippen molar-refractivity contribution in [3.8, 4) is 5.75 Å². The molecular weight excluding hydrogens is 380 g/mol. The zero-order valence-electron chi connectivity index (χ0n) is 19.1. The van der Waals surface area contributed by atoms with E-state index >= 15 is 0 Å². The number of rotatable bonds is 10. The van der Waals surface area contributed by atoms with Crippen LogP contribution in [0.2, 0.25) is 0 Å². The summed E-state index contributed by atoms with van der Waals surface area (Å²) < 4.78 is 21.9. The van der Waals surface area contributed by atoms with E-state index in [9.17, 15) is 0 Å². The molecule has 30 heavy (non-hydrogen) atoms. The van der Waals surface area contributed by atoms with Crippen molar-refractivity contribution < 1.29 is 18.9 Å². The second-order valence-electron chi connectivity index (χ2n) is 8.25. The number of methoxy groups -OCH3 is 2. The number of nitrogens with zero attached hydrogens (tertiary/aromatic N) is 2. The van der Waals surface area contributed by atoms with Crippen molar-refractivity contribution in [3.63, 3.8) is 0 Å². The van der Waals surface area contributed by atoms with Crippen LogP contribution in [0.25, 0.3) is 0 Å². The van der Waals surface area contributed by atoms with Crippen molar-refractivity contribution >= 4 is 5.82 Å². The number of hydrogen-bond acceptors (Lipinski definition) is 6. The molecule has 0 amide bonds. The van der Waals surface area contributed by atoms with Crippen LogP contribution in [0.3, 0.4) is 0 Å². The highest BCUT2D eigenvalue weighted by Gasteiger charge is 2.28. The molecule has 0 spiro atoms. The van der Waals surface area contributed by atoms with Crippen LogP contribution in [-0.2, 0) is 20.6 Å². The Morgan fingerprint density at radius 2 is 1.80 bits per heavy atom. The van der Waals surface area contributed by atoms with E-state index in [4.69, 9.17) is 23.9 Å². The van der Waals surface area contributed by atoms with Gasteiger partial charge in [-0.1, -0.05) is 12.5 Å². The number of anilines is 1. The van der Waals surface area contributed by atoms with Crippen LogP contribution in [0.5, 0.6) is 5.75 Å². The predicted octanol–water partition coefficient (Wildman–Crippen LogP) is 4.36. The molecule has 2 unspecified atom stereocenters. The molecule has 1 saturated heterocycles. The van der Waals surface area contributed by atoms with Gasteiger partial charge in [0, 0.05) is 33.0 Å². The van der Waals surface area contributed by atoms with Gasteiger partial charge < -0.3 is 23.8 Å². The second kappa shape index (κ2) is 10.8. The number of allylic oxidation sites excluding steroid dienone is 3. The van der Waals surface area contributed by atoms with Gasteiger partial charge >= 0.3 is 0 Å². The summed E-state index contributed by atoms with van der Waals surface area (Å²) in [6.07, 6.45) is 5.49. The van der Waals surface area contributed by atoms with Crippen molar-refractivity contribution in [1.29, 1.82) is 0 Å². The first kappa shape index (κ1) is 22.6. The fourth-order valence-electron chi connectivity index (χ4n) is 4.28. The fraction of sp³-hybridized carbons (Fsp3) is 0.625. The van der Waals surface area contributed by atoms with Gasteiger partial charge in [-0.15, -0.1) is 0 Å². The molecule has 0 saturated carbocycles. The molecule has 2 atom stereocenters. The highest BCUT2D eigenvalue weighted by Crippen LogP contribution is 2.37. The van der Waals surface area contributed by atoms with Gasteiger partial charge in [0.25, 0.3) is 0 Å². The molecule has 1 aliphatic heterocycles. The van der Waals surface area contributed by atoms with E-state index in [-0.39, 0.29) is 6.79 Å². The van der Waals surface area contributed by atoms with Gasteiger partial charge in [0.1, 0.15) is 12.4 Å². The van der Waals surface area contributed by atoms with Gasteiger partial charge in [-0.3, -0.25) is 0 Å². The first-order chi connectivity index (χ1) is 14.5. The lowest BCUT2D eigenvalue weighted by Crippen LogP contribution is -2.24. The number of aromatic nitrogens is 1. The molecular formula is C24H36N2O4. The van der Waals surface area contributed by atoms with Crippen molar-refractivity contribution in [2.75, 3.05) is 52.2 Å². The van der Waals surface area contributed by atoms with Crippen LogP contribution in [-0.4, -0.2) is 52.3 Å².